The predicted molar refractivity (Wildman–Crippen MR) is 144 cm³/mol. The summed E-state index contributed by atoms with van der Waals surface area (Å²) in [6.45, 7) is 2.20. The zero-order valence-corrected chi connectivity index (χ0v) is 19.3. The largest absolute Gasteiger partial charge is 0.458 e. The van der Waals surface area contributed by atoms with Crippen LogP contribution in [-0.2, 0) is 0 Å². The van der Waals surface area contributed by atoms with Gasteiger partial charge in [-0.15, -0.1) is 0 Å². The molecule has 5 aromatic rings. The van der Waals surface area contributed by atoms with Crippen LogP contribution in [0.5, 0.6) is 23.0 Å². The van der Waals surface area contributed by atoms with Crippen molar-refractivity contribution in [2.24, 2.45) is 0 Å². The molecule has 35 heavy (non-hydrogen) atoms. The van der Waals surface area contributed by atoms with Gasteiger partial charge < -0.3 is 14.4 Å². The Bertz CT molecular complexity index is 1530. The first kappa shape index (κ1) is 20.0. The molecule has 0 saturated carbocycles. The summed E-state index contributed by atoms with van der Waals surface area (Å²) < 4.78 is 12.8. The standard InChI is InChI=1S/C31H22BNO2/c1-21-15-18-27-26(19-21)32-25-17-16-24(20-30(25)35-29-14-8-13-28(34-27)31(29)32)33(22-9-4-2-5-10-22)23-11-6-3-7-12-23/h2-20H,1H3. The highest BCUT2D eigenvalue weighted by Crippen LogP contribution is 2.39. The van der Waals surface area contributed by atoms with Crippen molar-refractivity contribution in [3.63, 3.8) is 0 Å². The van der Waals surface area contributed by atoms with Gasteiger partial charge in [-0.1, -0.05) is 66.2 Å². The first-order valence-corrected chi connectivity index (χ1v) is 11.9. The molecule has 4 heteroatoms. The van der Waals surface area contributed by atoms with E-state index in [-0.39, 0.29) is 6.71 Å². The molecule has 0 fully saturated rings. The van der Waals surface area contributed by atoms with Gasteiger partial charge in [-0.3, -0.25) is 0 Å². The van der Waals surface area contributed by atoms with Crippen LogP contribution in [0.1, 0.15) is 5.56 Å². The zero-order valence-electron chi connectivity index (χ0n) is 19.3. The molecule has 2 heterocycles. The lowest BCUT2D eigenvalue weighted by Gasteiger charge is -2.34. The molecule has 0 saturated heterocycles. The average Bonchev–Trinajstić information content (AvgIpc) is 2.90. The lowest BCUT2D eigenvalue weighted by molar-refractivity contribution is 0.464. The van der Waals surface area contributed by atoms with Crippen LogP contribution in [0.2, 0.25) is 0 Å². The molecule has 0 atom stereocenters. The first-order chi connectivity index (χ1) is 17.3. The molecular formula is C31H22BNO2. The molecule has 2 aliphatic rings. The minimum Gasteiger partial charge on any atom is -0.458 e. The highest BCUT2D eigenvalue weighted by atomic mass is 16.5. The number of ether oxygens (including phenoxy) is 2. The SMILES string of the molecule is Cc1ccc2c(c1)B1c3ccc(N(c4ccccc4)c4ccccc4)cc3Oc3cccc(c31)O2. The number of hydrogen-bond donors (Lipinski definition) is 0. The fourth-order valence-corrected chi connectivity index (χ4v) is 5.28. The van der Waals surface area contributed by atoms with Crippen molar-refractivity contribution >= 4 is 40.2 Å². The van der Waals surface area contributed by atoms with Crippen LogP contribution in [0.25, 0.3) is 0 Å². The van der Waals surface area contributed by atoms with Gasteiger partial charge in [-0.25, -0.2) is 0 Å². The number of nitrogens with zero attached hydrogens (tertiary/aromatic N) is 1. The number of hydrogen-bond acceptors (Lipinski definition) is 3. The van der Waals surface area contributed by atoms with Gasteiger partial charge in [0.1, 0.15) is 23.0 Å². The summed E-state index contributed by atoms with van der Waals surface area (Å²) in [5.74, 6) is 3.52. The van der Waals surface area contributed by atoms with Crippen molar-refractivity contribution in [2.75, 3.05) is 4.90 Å². The van der Waals surface area contributed by atoms with E-state index in [1.54, 1.807) is 0 Å². The van der Waals surface area contributed by atoms with Crippen molar-refractivity contribution in [3.8, 4) is 23.0 Å². The van der Waals surface area contributed by atoms with Gasteiger partial charge in [0.05, 0.1) is 0 Å². The van der Waals surface area contributed by atoms with Crippen LogP contribution in [-0.4, -0.2) is 6.71 Å². The van der Waals surface area contributed by atoms with Crippen LogP contribution in [0.15, 0.2) is 115 Å². The van der Waals surface area contributed by atoms with Gasteiger partial charge in [0, 0.05) is 28.6 Å². The van der Waals surface area contributed by atoms with E-state index in [2.05, 4.69) is 96.8 Å². The third-order valence-corrected chi connectivity index (χ3v) is 6.83. The molecule has 7 rings (SSSR count). The zero-order chi connectivity index (χ0) is 23.4. The number of benzene rings is 5. The Kier molecular flexibility index (Phi) is 4.46. The summed E-state index contributed by atoms with van der Waals surface area (Å²) in [6.07, 6.45) is 0. The summed E-state index contributed by atoms with van der Waals surface area (Å²) in [5.41, 5.74) is 7.92. The Morgan fingerprint density at radius 3 is 1.86 bits per heavy atom. The van der Waals surface area contributed by atoms with Gasteiger partial charge in [-0.2, -0.15) is 0 Å². The highest BCUT2D eigenvalue weighted by molar-refractivity contribution is 6.98. The van der Waals surface area contributed by atoms with Crippen LogP contribution < -0.4 is 30.8 Å². The van der Waals surface area contributed by atoms with Gasteiger partial charge in [-0.05, 0) is 66.4 Å². The first-order valence-electron chi connectivity index (χ1n) is 11.9. The molecule has 2 aliphatic heterocycles. The van der Waals surface area contributed by atoms with E-state index in [1.165, 1.54) is 11.0 Å². The topological polar surface area (TPSA) is 21.7 Å². The second-order valence-corrected chi connectivity index (χ2v) is 9.08. The fraction of sp³-hybridized carbons (Fsp3) is 0.0323. The van der Waals surface area contributed by atoms with E-state index in [0.29, 0.717) is 0 Å². The molecule has 0 radical (unpaired) electrons. The molecular weight excluding hydrogens is 429 g/mol. The van der Waals surface area contributed by atoms with E-state index < -0.39 is 0 Å². The molecule has 5 aromatic carbocycles. The van der Waals surface area contributed by atoms with Crippen LogP contribution in [0.4, 0.5) is 17.1 Å². The summed E-state index contributed by atoms with van der Waals surface area (Å²) in [5, 5.41) is 0. The lowest BCUT2D eigenvalue weighted by Crippen LogP contribution is -2.57. The van der Waals surface area contributed by atoms with Crippen molar-refractivity contribution < 1.29 is 9.47 Å². The van der Waals surface area contributed by atoms with Crippen molar-refractivity contribution in [2.45, 2.75) is 6.92 Å². The number of fused-ring (bicyclic) bond motifs is 4. The normalized spacial score (nSPS) is 12.5. The molecule has 0 amide bonds. The minimum atomic E-state index is 0.0737. The van der Waals surface area contributed by atoms with E-state index in [1.807, 2.05) is 30.3 Å². The van der Waals surface area contributed by atoms with Crippen molar-refractivity contribution in [3.05, 3.63) is 121 Å². The Labute approximate surface area is 205 Å². The van der Waals surface area contributed by atoms with Gasteiger partial charge in [0.15, 0.2) is 0 Å². The predicted octanol–water partition coefficient (Wildman–Crippen LogP) is 6.19. The molecule has 0 aromatic heterocycles. The van der Waals surface area contributed by atoms with Gasteiger partial charge >= 0.3 is 0 Å². The summed E-state index contributed by atoms with van der Waals surface area (Å²) in [6, 6.07) is 40.0. The van der Waals surface area contributed by atoms with E-state index in [4.69, 9.17) is 9.47 Å². The van der Waals surface area contributed by atoms with Crippen LogP contribution >= 0.6 is 0 Å². The minimum absolute atomic E-state index is 0.0737. The van der Waals surface area contributed by atoms with Crippen molar-refractivity contribution in [1.82, 2.24) is 0 Å². The van der Waals surface area contributed by atoms with Gasteiger partial charge in [0.25, 0.3) is 6.71 Å². The Morgan fingerprint density at radius 1 is 0.514 bits per heavy atom. The average molecular weight is 451 g/mol. The third kappa shape index (κ3) is 3.22. The lowest BCUT2D eigenvalue weighted by atomic mass is 9.35. The molecule has 166 valence electrons. The maximum atomic E-state index is 6.53. The number of anilines is 3. The Balaban J connectivity index is 1.41. The quantitative estimate of drug-likeness (QED) is 0.299. The Hall–Kier alpha value is -4.44. The maximum absolute atomic E-state index is 6.53. The maximum Gasteiger partial charge on any atom is 0.260 e. The van der Waals surface area contributed by atoms with Gasteiger partial charge in [0.2, 0.25) is 0 Å². The third-order valence-electron chi connectivity index (χ3n) is 6.83. The molecule has 0 bridgehead atoms. The monoisotopic (exact) mass is 451 g/mol. The molecule has 0 spiro atoms. The summed E-state index contributed by atoms with van der Waals surface area (Å²) in [7, 11) is 0. The highest BCUT2D eigenvalue weighted by Gasteiger charge is 2.40. The number of para-hydroxylation sites is 2. The van der Waals surface area contributed by atoms with Crippen molar-refractivity contribution in [1.29, 1.82) is 0 Å². The summed E-state index contributed by atoms with van der Waals surface area (Å²) >= 11 is 0. The van der Waals surface area contributed by atoms with E-state index in [0.717, 1.165) is 51.0 Å². The smallest absolute Gasteiger partial charge is 0.260 e. The Morgan fingerprint density at radius 2 is 1.17 bits per heavy atom. The van der Waals surface area contributed by atoms with E-state index in [9.17, 15) is 0 Å². The molecule has 0 unspecified atom stereocenters. The second kappa shape index (κ2) is 7.81. The number of aryl methyl sites for hydroxylation is 1. The van der Waals surface area contributed by atoms with Crippen LogP contribution in [0, 0.1) is 6.92 Å². The molecule has 3 nitrogen and oxygen atoms in total. The van der Waals surface area contributed by atoms with Crippen LogP contribution in [0.3, 0.4) is 0 Å². The molecule has 0 N–H and O–H groups in total. The number of rotatable bonds is 3. The second-order valence-electron chi connectivity index (χ2n) is 9.08. The van der Waals surface area contributed by atoms with E-state index >= 15 is 0 Å². The molecule has 0 aliphatic carbocycles. The fourth-order valence-electron chi connectivity index (χ4n) is 5.28. The summed E-state index contributed by atoms with van der Waals surface area (Å²) in [4.78, 5) is 2.26.